The van der Waals surface area contributed by atoms with E-state index in [1.165, 1.54) is 0 Å². The second-order valence-electron chi connectivity index (χ2n) is 8.64. The zero-order chi connectivity index (χ0) is 22.6. The van der Waals surface area contributed by atoms with Crippen molar-refractivity contribution in [2.45, 2.75) is 13.8 Å². The van der Waals surface area contributed by atoms with Crippen LogP contribution in [0.25, 0.3) is 0 Å². The maximum Gasteiger partial charge on any atom is 0.279 e. The van der Waals surface area contributed by atoms with Crippen LogP contribution in [-0.4, -0.2) is 77.7 Å². The highest BCUT2D eigenvalue weighted by atomic mass is 35.5. The fourth-order valence-corrected chi connectivity index (χ4v) is 3.73. The van der Waals surface area contributed by atoms with Gasteiger partial charge in [-0.25, -0.2) is 0 Å². The lowest BCUT2D eigenvalue weighted by molar-refractivity contribution is -0.905. The average Bonchev–Trinajstić information content (AvgIpc) is 2.68. The highest BCUT2D eigenvalue weighted by Gasteiger charge is 2.32. The zero-order valence-corrected chi connectivity index (χ0v) is 19.4. The molecule has 0 aliphatic carbocycles. The first-order valence-corrected chi connectivity index (χ1v) is 10.4. The van der Waals surface area contributed by atoms with Gasteiger partial charge in [-0.1, -0.05) is 12.1 Å². The molecule has 0 saturated carbocycles. The Labute approximate surface area is 194 Å². The molecule has 0 unspecified atom stereocenters. The number of aryl methyl sites for hydroxylation is 2. The molecule has 0 spiro atoms. The Morgan fingerprint density at radius 1 is 0.906 bits per heavy atom. The van der Waals surface area contributed by atoms with E-state index in [1.54, 1.807) is 24.3 Å². The van der Waals surface area contributed by atoms with Gasteiger partial charge in [-0.3, -0.25) is 14.5 Å². The molecule has 1 fully saturated rings. The van der Waals surface area contributed by atoms with E-state index in [9.17, 15) is 19.8 Å². The number of carbonyl (C=O) groups excluding carboxylic acids is 2. The number of phenolic OH excluding ortho intramolecular Hbond substituents is 2. The standard InChI is InChI=1S/C23H30N4O4.ClH/c1-16-4-6-18(20(28)12-16)24-22(30)14-26-8-10-27(3,11-9-26)15-23(31)25-19-7-5-17(2)13-21(19)29;/h4-7,12-13H,8-11,14-15H2,1-3H3,(H3-,24,25,28,29,30,31);1H. The summed E-state index contributed by atoms with van der Waals surface area (Å²) in [6.07, 6.45) is 0. The number of anilines is 2. The number of hydrogen-bond acceptors (Lipinski definition) is 5. The fraction of sp³-hybridized carbons (Fsp3) is 0.391. The van der Waals surface area contributed by atoms with Crippen molar-refractivity contribution >= 4 is 23.2 Å². The van der Waals surface area contributed by atoms with Crippen LogP contribution < -0.4 is 23.0 Å². The second kappa shape index (κ2) is 10.7. The van der Waals surface area contributed by atoms with Crippen LogP contribution >= 0.6 is 0 Å². The van der Waals surface area contributed by atoms with Crippen LogP contribution in [0, 0.1) is 13.8 Å². The van der Waals surface area contributed by atoms with Crippen molar-refractivity contribution in [2.24, 2.45) is 0 Å². The van der Waals surface area contributed by atoms with Gasteiger partial charge >= 0.3 is 0 Å². The van der Waals surface area contributed by atoms with Crippen molar-refractivity contribution in [1.29, 1.82) is 0 Å². The molecule has 0 atom stereocenters. The van der Waals surface area contributed by atoms with Gasteiger partial charge in [0.2, 0.25) is 5.91 Å². The smallest absolute Gasteiger partial charge is 0.279 e. The second-order valence-corrected chi connectivity index (χ2v) is 8.64. The number of piperazine rings is 1. The third-order valence-corrected chi connectivity index (χ3v) is 5.66. The molecular weight excluding hydrogens is 432 g/mol. The van der Waals surface area contributed by atoms with Crippen molar-refractivity contribution in [3.8, 4) is 11.5 Å². The molecule has 2 aromatic carbocycles. The Balaban J connectivity index is 0.00000363. The number of phenols is 2. The molecule has 0 radical (unpaired) electrons. The van der Waals surface area contributed by atoms with Gasteiger partial charge in [0.1, 0.15) is 11.5 Å². The van der Waals surface area contributed by atoms with E-state index in [2.05, 4.69) is 10.6 Å². The van der Waals surface area contributed by atoms with Gasteiger partial charge in [-0.15, -0.1) is 0 Å². The first kappa shape index (κ1) is 25.5. The number of hydrogen-bond donors (Lipinski definition) is 4. The Bertz CT molecular complexity index is 974. The lowest BCUT2D eigenvalue weighted by Gasteiger charge is -2.41. The predicted octanol–water partition coefficient (Wildman–Crippen LogP) is -0.942. The van der Waals surface area contributed by atoms with E-state index in [1.807, 2.05) is 37.9 Å². The lowest BCUT2D eigenvalue weighted by Crippen LogP contribution is -3.00. The number of nitrogens with one attached hydrogen (secondary N) is 2. The maximum atomic E-state index is 12.5. The molecule has 32 heavy (non-hydrogen) atoms. The molecule has 1 aliphatic rings. The van der Waals surface area contributed by atoms with Crippen LogP contribution in [0.3, 0.4) is 0 Å². The topological polar surface area (TPSA) is 102 Å². The van der Waals surface area contributed by atoms with Gasteiger partial charge in [-0.05, 0) is 49.2 Å². The van der Waals surface area contributed by atoms with E-state index in [0.717, 1.165) is 24.2 Å². The summed E-state index contributed by atoms with van der Waals surface area (Å²) in [4.78, 5) is 26.9. The molecule has 174 valence electrons. The third-order valence-electron chi connectivity index (χ3n) is 5.66. The Kier molecular flexibility index (Phi) is 8.49. The van der Waals surface area contributed by atoms with Crippen LogP contribution in [-0.2, 0) is 9.59 Å². The summed E-state index contributed by atoms with van der Waals surface area (Å²) in [5.41, 5.74) is 2.67. The van der Waals surface area contributed by atoms with Gasteiger partial charge < -0.3 is 37.7 Å². The first-order chi connectivity index (χ1) is 14.6. The van der Waals surface area contributed by atoms with Crippen LogP contribution in [0.5, 0.6) is 11.5 Å². The van der Waals surface area contributed by atoms with Gasteiger partial charge in [0.05, 0.1) is 38.1 Å². The average molecular weight is 463 g/mol. The zero-order valence-electron chi connectivity index (χ0n) is 18.7. The van der Waals surface area contributed by atoms with Crippen LogP contribution in [0.2, 0.25) is 0 Å². The molecule has 0 aromatic heterocycles. The van der Waals surface area contributed by atoms with E-state index in [0.29, 0.717) is 35.5 Å². The van der Waals surface area contributed by atoms with Gasteiger partial charge in [-0.2, -0.15) is 0 Å². The minimum absolute atomic E-state index is 0. The largest absolute Gasteiger partial charge is 1.00 e. The Morgan fingerprint density at radius 3 is 1.84 bits per heavy atom. The molecule has 9 heteroatoms. The number of rotatable bonds is 6. The summed E-state index contributed by atoms with van der Waals surface area (Å²) in [5, 5.41) is 25.5. The third kappa shape index (κ3) is 6.85. The molecule has 2 aromatic rings. The Hall–Kier alpha value is -2.81. The lowest BCUT2D eigenvalue weighted by atomic mass is 10.2. The van der Waals surface area contributed by atoms with E-state index >= 15 is 0 Å². The van der Waals surface area contributed by atoms with Crippen molar-refractivity contribution in [1.82, 2.24) is 4.90 Å². The normalized spacial score (nSPS) is 15.5. The van der Waals surface area contributed by atoms with Crippen molar-refractivity contribution in [3.05, 3.63) is 47.5 Å². The summed E-state index contributed by atoms with van der Waals surface area (Å²) in [5.74, 6) is -0.209. The van der Waals surface area contributed by atoms with Crippen molar-refractivity contribution < 1.29 is 36.7 Å². The fourth-order valence-electron chi connectivity index (χ4n) is 3.73. The molecule has 1 saturated heterocycles. The summed E-state index contributed by atoms with van der Waals surface area (Å²) < 4.78 is 0.565. The van der Waals surface area contributed by atoms with Gasteiger partial charge in [0.15, 0.2) is 6.54 Å². The summed E-state index contributed by atoms with van der Waals surface area (Å²) >= 11 is 0. The number of quaternary nitrogens is 1. The van der Waals surface area contributed by atoms with Gasteiger partial charge in [0, 0.05) is 13.1 Å². The summed E-state index contributed by atoms with van der Waals surface area (Å²) in [7, 11) is 2.02. The SMILES string of the molecule is Cc1ccc(NC(=O)CN2CC[N+](C)(CC(=O)Nc3ccc(C)cc3O)CC2)c(O)c1.[Cl-]. The number of carbonyl (C=O) groups is 2. The number of nitrogens with zero attached hydrogens (tertiary/aromatic N) is 2. The van der Waals surface area contributed by atoms with Crippen molar-refractivity contribution in [3.63, 3.8) is 0 Å². The highest BCUT2D eigenvalue weighted by Crippen LogP contribution is 2.25. The van der Waals surface area contributed by atoms with Crippen LogP contribution in [0.1, 0.15) is 11.1 Å². The minimum atomic E-state index is -0.178. The number of aromatic hydroxyl groups is 2. The number of halogens is 1. The predicted molar refractivity (Wildman–Crippen MR) is 120 cm³/mol. The van der Waals surface area contributed by atoms with Crippen molar-refractivity contribution in [2.75, 3.05) is 56.9 Å². The number of likely N-dealkylation sites (N-methyl/N-ethyl adjacent to an activating group) is 1. The maximum absolute atomic E-state index is 12.5. The number of amides is 2. The molecule has 8 nitrogen and oxygen atoms in total. The van der Waals surface area contributed by atoms with Gasteiger partial charge in [0.25, 0.3) is 5.91 Å². The molecule has 3 rings (SSSR count). The van der Waals surface area contributed by atoms with Crippen LogP contribution in [0.15, 0.2) is 36.4 Å². The molecule has 4 N–H and O–H groups in total. The monoisotopic (exact) mass is 462 g/mol. The van der Waals surface area contributed by atoms with E-state index < -0.39 is 0 Å². The minimum Gasteiger partial charge on any atom is -1.00 e. The Morgan fingerprint density at radius 2 is 1.38 bits per heavy atom. The molecular formula is C23H31ClN4O4. The molecule has 1 heterocycles. The molecule has 1 aliphatic heterocycles. The van der Waals surface area contributed by atoms with E-state index in [-0.39, 0.29) is 42.3 Å². The quantitative estimate of drug-likeness (QED) is 0.328. The summed E-state index contributed by atoms with van der Waals surface area (Å²) in [6, 6.07) is 10.3. The molecule has 0 bridgehead atoms. The van der Waals surface area contributed by atoms with E-state index in [4.69, 9.17) is 0 Å². The highest BCUT2D eigenvalue weighted by molar-refractivity contribution is 5.94. The van der Waals surface area contributed by atoms with Crippen LogP contribution in [0.4, 0.5) is 11.4 Å². The first-order valence-electron chi connectivity index (χ1n) is 10.4. The molecule has 2 amide bonds. The summed E-state index contributed by atoms with van der Waals surface area (Å²) in [6.45, 7) is 7.12. The number of benzene rings is 2.